The molecule has 0 spiro atoms. The van der Waals surface area contributed by atoms with E-state index in [9.17, 15) is 0 Å². The topological polar surface area (TPSA) is 18.5 Å². The highest BCUT2D eigenvalue weighted by Gasteiger charge is 2.05. The van der Waals surface area contributed by atoms with Crippen molar-refractivity contribution in [3.05, 3.63) is 23.8 Å². The molecule has 0 saturated heterocycles. The number of methoxy groups -OCH3 is 1. The van der Waals surface area contributed by atoms with E-state index in [0.29, 0.717) is 0 Å². The molecule has 2 heteroatoms. The molecule has 0 aliphatic carbocycles. The summed E-state index contributed by atoms with van der Waals surface area (Å²) in [5, 5.41) is 0. The van der Waals surface area contributed by atoms with Crippen LogP contribution in [0.3, 0.4) is 0 Å². The fourth-order valence-corrected chi connectivity index (χ4v) is 1.13. The smallest absolute Gasteiger partial charge is 0.161 e. The van der Waals surface area contributed by atoms with Gasteiger partial charge in [-0.05, 0) is 38.5 Å². The Morgan fingerprint density at radius 3 is 2.38 bits per heavy atom. The Bertz CT molecular complexity index is 279. The van der Waals surface area contributed by atoms with Crippen LogP contribution in [0.4, 0.5) is 0 Å². The molecule has 1 aromatic rings. The molecule has 0 radical (unpaired) electrons. The van der Waals surface area contributed by atoms with Crippen molar-refractivity contribution in [3.63, 3.8) is 0 Å². The lowest BCUT2D eigenvalue weighted by Crippen LogP contribution is -2.06. The minimum Gasteiger partial charge on any atom is -0.493 e. The number of hydrogen-bond acceptors (Lipinski definition) is 2. The van der Waals surface area contributed by atoms with Gasteiger partial charge in [0.1, 0.15) is 0 Å². The Morgan fingerprint density at radius 1 is 1.15 bits per heavy atom. The van der Waals surface area contributed by atoms with Gasteiger partial charge in [0.25, 0.3) is 0 Å². The summed E-state index contributed by atoms with van der Waals surface area (Å²) < 4.78 is 10.8. The van der Waals surface area contributed by atoms with E-state index in [2.05, 4.69) is 0 Å². The zero-order chi connectivity index (χ0) is 9.84. The molecule has 0 amide bonds. The molecule has 13 heavy (non-hydrogen) atoms. The van der Waals surface area contributed by atoms with Crippen molar-refractivity contribution in [2.24, 2.45) is 0 Å². The summed E-state index contributed by atoms with van der Waals surface area (Å²) in [7, 11) is 1.65. The van der Waals surface area contributed by atoms with Crippen LogP contribution in [0.1, 0.15) is 19.4 Å². The number of benzene rings is 1. The summed E-state index contributed by atoms with van der Waals surface area (Å²) >= 11 is 0. The van der Waals surface area contributed by atoms with Crippen molar-refractivity contribution in [2.75, 3.05) is 7.11 Å². The van der Waals surface area contributed by atoms with Crippen molar-refractivity contribution in [1.29, 1.82) is 0 Å². The number of hydrogen-bond donors (Lipinski definition) is 0. The van der Waals surface area contributed by atoms with Gasteiger partial charge in [0.2, 0.25) is 0 Å². The van der Waals surface area contributed by atoms with Crippen molar-refractivity contribution < 1.29 is 9.47 Å². The van der Waals surface area contributed by atoms with Crippen molar-refractivity contribution in [3.8, 4) is 11.5 Å². The maximum Gasteiger partial charge on any atom is 0.161 e. The molecule has 0 fully saturated rings. The lowest BCUT2D eigenvalue weighted by Gasteiger charge is -2.13. The third kappa shape index (κ3) is 2.65. The van der Waals surface area contributed by atoms with Gasteiger partial charge in [-0.3, -0.25) is 0 Å². The molecular weight excluding hydrogens is 164 g/mol. The standard InChI is InChI=1S/C11H16O2/c1-8(2)13-10-6-5-9(3)7-11(10)12-4/h5-8H,1-4H3. The first-order chi connectivity index (χ1) is 6.13. The predicted octanol–water partition coefficient (Wildman–Crippen LogP) is 2.79. The first-order valence-corrected chi connectivity index (χ1v) is 4.44. The highest BCUT2D eigenvalue weighted by molar-refractivity contribution is 5.42. The first kappa shape index (κ1) is 9.90. The van der Waals surface area contributed by atoms with Crippen LogP contribution in [-0.2, 0) is 0 Å². The van der Waals surface area contributed by atoms with Crippen LogP contribution in [0.15, 0.2) is 18.2 Å². The molecule has 0 aliphatic heterocycles. The van der Waals surface area contributed by atoms with Crippen LogP contribution < -0.4 is 9.47 Å². The minimum absolute atomic E-state index is 0.177. The van der Waals surface area contributed by atoms with Crippen molar-refractivity contribution in [1.82, 2.24) is 0 Å². The molecule has 1 rings (SSSR count). The van der Waals surface area contributed by atoms with Crippen LogP contribution >= 0.6 is 0 Å². The van der Waals surface area contributed by atoms with Crippen LogP contribution in [0.25, 0.3) is 0 Å². The van der Waals surface area contributed by atoms with Crippen molar-refractivity contribution in [2.45, 2.75) is 26.9 Å². The largest absolute Gasteiger partial charge is 0.493 e. The lowest BCUT2D eigenvalue weighted by molar-refractivity contribution is 0.230. The van der Waals surface area contributed by atoms with E-state index in [0.717, 1.165) is 11.5 Å². The van der Waals surface area contributed by atoms with E-state index >= 15 is 0 Å². The SMILES string of the molecule is COc1cc(C)ccc1OC(C)C. The number of aryl methyl sites for hydroxylation is 1. The summed E-state index contributed by atoms with van der Waals surface area (Å²) in [6.07, 6.45) is 0.177. The van der Waals surface area contributed by atoms with E-state index in [1.54, 1.807) is 7.11 Å². The molecule has 2 nitrogen and oxygen atoms in total. The summed E-state index contributed by atoms with van der Waals surface area (Å²) in [4.78, 5) is 0. The second-order valence-electron chi connectivity index (χ2n) is 3.32. The van der Waals surface area contributed by atoms with Crippen molar-refractivity contribution >= 4 is 0 Å². The van der Waals surface area contributed by atoms with Gasteiger partial charge in [0, 0.05) is 0 Å². The average Bonchev–Trinajstić information content (AvgIpc) is 2.07. The Labute approximate surface area is 79.5 Å². The summed E-state index contributed by atoms with van der Waals surface area (Å²) in [5.41, 5.74) is 1.17. The second-order valence-corrected chi connectivity index (χ2v) is 3.32. The number of ether oxygens (including phenoxy) is 2. The molecule has 1 aromatic carbocycles. The fraction of sp³-hybridized carbons (Fsp3) is 0.455. The monoisotopic (exact) mass is 180 g/mol. The van der Waals surface area contributed by atoms with Crippen LogP contribution in [0.5, 0.6) is 11.5 Å². The molecule has 0 atom stereocenters. The van der Waals surface area contributed by atoms with Gasteiger partial charge >= 0.3 is 0 Å². The van der Waals surface area contributed by atoms with Gasteiger partial charge in [-0.1, -0.05) is 6.07 Å². The molecule has 0 bridgehead atoms. The van der Waals surface area contributed by atoms with E-state index in [4.69, 9.17) is 9.47 Å². The molecule has 0 saturated carbocycles. The maximum atomic E-state index is 5.57. The van der Waals surface area contributed by atoms with Gasteiger partial charge in [0.15, 0.2) is 11.5 Å². The highest BCUT2D eigenvalue weighted by atomic mass is 16.5. The fourth-order valence-electron chi connectivity index (χ4n) is 1.13. The van der Waals surface area contributed by atoms with Crippen LogP contribution in [-0.4, -0.2) is 13.2 Å². The zero-order valence-electron chi connectivity index (χ0n) is 8.63. The second kappa shape index (κ2) is 4.17. The van der Waals surface area contributed by atoms with E-state index < -0.39 is 0 Å². The van der Waals surface area contributed by atoms with Gasteiger partial charge in [-0.15, -0.1) is 0 Å². The summed E-state index contributed by atoms with van der Waals surface area (Å²) in [6.45, 7) is 6.03. The summed E-state index contributed by atoms with van der Waals surface area (Å²) in [6, 6.07) is 5.92. The average molecular weight is 180 g/mol. The Hall–Kier alpha value is -1.18. The molecule has 0 N–H and O–H groups in total. The predicted molar refractivity (Wildman–Crippen MR) is 53.5 cm³/mol. The van der Waals surface area contributed by atoms with Crippen LogP contribution in [0.2, 0.25) is 0 Å². The number of rotatable bonds is 3. The maximum absolute atomic E-state index is 5.57. The zero-order valence-corrected chi connectivity index (χ0v) is 8.63. The quantitative estimate of drug-likeness (QED) is 0.712. The summed E-state index contributed by atoms with van der Waals surface area (Å²) in [5.74, 6) is 1.61. The highest BCUT2D eigenvalue weighted by Crippen LogP contribution is 2.28. The Kier molecular flexibility index (Phi) is 3.18. The lowest BCUT2D eigenvalue weighted by atomic mass is 10.2. The third-order valence-corrected chi connectivity index (χ3v) is 1.68. The molecule has 0 aliphatic rings. The Morgan fingerprint density at radius 2 is 1.85 bits per heavy atom. The molecule has 0 unspecified atom stereocenters. The Balaban J connectivity index is 2.92. The molecule has 72 valence electrons. The molecular formula is C11H16O2. The van der Waals surface area contributed by atoms with Gasteiger partial charge < -0.3 is 9.47 Å². The van der Waals surface area contributed by atoms with Crippen LogP contribution in [0, 0.1) is 6.92 Å². The normalized spacial score (nSPS) is 10.2. The van der Waals surface area contributed by atoms with E-state index in [-0.39, 0.29) is 6.10 Å². The molecule has 0 heterocycles. The van der Waals surface area contributed by atoms with E-state index in [1.807, 2.05) is 39.0 Å². The molecule has 0 aromatic heterocycles. The third-order valence-electron chi connectivity index (χ3n) is 1.68. The van der Waals surface area contributed by atoms with Gasteiger partial charge in [-0.2, -0.15) is 0 Å². The first-order valence-electron chi connectivity index (χ1n) is 4.44. The van der Waals surface area contributed by atoms with E-state index in [1.165, 1.54) is 5.56 Å². The van der Waals surface area contributed by atoms with Gasteiger partial charge in [0.05, 0.1) is 13.2 Å². The minimum atomic E-state index is 0.177. The van der Waals surface area contributed by atoms with Gasteiger partial charge in [-0.25, -0.2) is 0 Å².